The molecule has 4 saturated carbocycles. The number of nitrogens with zero attached hydrogens (tertiary/aromatic N) is 2. The van der Waals surface area contributed by atoms with Crippen LogP contribution in [-0.4, -0.2) is 28.6 Å². The highest BCUT2D eigenvalue weighted by atomic mass is 16.5. The quantitative estimate of drug-likeness (QED) is 0.324. The van der Waals surface area contributed by atoms with Gasteiger partial charge in [-0.2, -0.15) is 0 Å². The highest BCUT2D eigenvalue weighted by molar-refractivity contribution is 5.83. The van der Waals surface area contributed by atoms with E-state index in [-0.39, 0.29) is 5.41 Å². The van der Waals surface area contributed by atoms with E-state index in [1.807, 2.05) is 12.1 Å². The van der Waals surface area contributed by atoms with Gasteiger partial charge in [-0.3, -0.25) is 4.79 Å². The smallest absolute Gasteiger partial charge is 0.226 e. The Kier molecular flexibility index (Phi) is 6.73. The lowest BCUT2D eigenvalue weighted by atomic mass is 9.49. The number of ether oxygens (including phenoxy) is 1. The molecule has 5 heteroatoms. The fourth-order valence-corrected chi connectivity index (χ4v) is 7.92. The fourth-order valence-electron chi connectivity index (χ4n) is 7.92. The van der Waals surface area contributed by atoms with Crippen molar-refractivity contribution in [1.82, 2.24) is 14.9 Å². The van der Waals surface area contributed by atoms with Crippen molar-refractivity contribution in [2.24, 2.45) is 23.2 Å². The van der Waals surface area contributed by atoms with E-state index in [0.717, 1.165) is 79.0 Å². The molecule has 37 heavy (non-hydrogen) atoms. The lowest BCUT2D eigenvalue weighted by Crippen LogP contribution is -2.53. The minimum Gasteiger partial charge on any atom is -0.493 e. The minimum atomic E-state index is -0.0848. The SMILES string of the molecule is CC(C)c1ccccc1OCCCn1c(CCNC(=O)C23CC4CC(CC(C4)C2)C3)nc2ccccc21. The summed E-state index contributed by atoms with van der Waals surface area (Å²) in [5.41, 5.74) is 3.35. The normalized spacial score (nSPS) is 26.2. The Labute approximate surface area is 221 Å². The predicted molar refractivity (Wildman–Crippen MR) is 148 cm³/mol. The van der Waals surface area contributed by atoms with E-state index in [2.05, 4.69) is 60.1 Å². The lowest BCUT2D eigenvalue weighted by Gasteiger charge is -2.55. The summed E-state index contributed by atoms with van der Waals surface area (Å²) in [6.07, 6.45) is 9.09. The second-order valence-corrected chi connectivity index (χ2v) is 12.3. The Morgan fingerprint density at radius 1 is 1.03 bits per heavy atom. The van der Waals surface area contributed by atoms with Gasteiger partial charge in [0.05, 0.1) is 17.6 Å². The highest BCUT2D eigenvalue weighted by Crippen LogP contribution is 2.60. The monoisotopic (exact) mass is 499 g/mol. The zero-order valence-electron chi connectivity index (χ0n) is 22.4. The molecule has 1 amide bonds. The summed E-state index contributed by atoms with van der Waals surface area (Å²) in [6.45, 7) is 6.57. The Morgan fingerprint density at radius 3 is 2.43 bits per heavy atom. The number of benzene rings is 2. The predicted octanol–water partition coefficient (Wildman–Crippen LogP) is 6.50. The maximum absolute atomic E-state index is 13.4. The van der Waals surface area contributed by atoms with Crippen LogP contribution in [-0.2, 0) is 17.8 Å². The zero-order valence-corrected chi connectivity index (χ0v) is 22.4. The minimum absolute atomic E-state index is 0.0848. The Balaban J connectivity index is 1.08. The molecule has 1 aromatic heterocycles. The first kappa shape index (κ1) is 24.5. The molecule has 7 rings (SSSR count). The number of aromatic nitrogens is 2. The summed E-state index contributed by atoms with van der Waals surface area (Å²) < 4.78 is 8.51. The van der Waals surface area contributed by atoms with Crippen molar-refractivity contribution in [3.05, 3.63) is 59.9 Å². The van der Waals surface area contributed by atoms with Crippen LogP contribution in [0.1, 0.15) is 76.1 Å². The molecular formula is C32H41N3O2. The number of fused-ring (bicyclic) bond motifs is 1. The summed E-state index contributed by atoms with van der Waals surface area (Å²) in [6, 6.07) is 16.7. The number of carbonyl (C=O) groups excluding carboxylic acids is 1. The van der Waals surface area contributed by atoms with Crippen LogP contribution in [0, 0.1) is 23.2 Å². The van der Waals surface area contributed by atoms with Crippen LogP contribution >= 0.6 is 0 Å². The number of rotatable bonds is 10. The number of aryl methyl sites for hydroxylation is 1. The van der Waals surface area contributed by atoms with Crippen molar-refractivity contribution >= 4 is 16.9 Å². The van der Waals surface area contributed by atoms with Gasteiger partial charge in [-0.15, -0.1) is 0 Å². The maximum atomic E-state index is 13.4. The molecule has 2 aromatic carbocycles. The van der Waals surface area contributed by atoms with Gasteiger partial charge < -0.3 is 14.6 Å². The molecule has 0 saturated heterocycles. The van der Waals surface area contributed by atoms with E-state index < -0.39 is 0 Å². The number of carbonyl (C=O) groups is 1. The molecule has 5 nitrogen and oxygen atoms in total. The fraction of sp³-hybridized carbons (Fsp3) is 0.562. The summed E-state index contributed by atoms with van der Waals surface area (Å²) in [5, 5.41) is 3.35. The molecular weight excluding hydrogens is 458 g/mol. The topological polar surface area (TPSA) is 56.1 Å². The van der Waals surface area contributed by atoms with Gasteiger partial charge in [0.2, 0.25) is 5.91 Å². The third-order valence-electron chi connectivity index (χ3n) is 9.21. The molecule has 4 fully saturated rings. The number of para-hydroxylation sites is 3. The van der Waals surface area contributed by atoms with Gasteiger partial charge in [-0.1, -0.05) is 44.2 Å². The first-order valence-electron chi connectivity index (χ1n) is 14.4. The van der Waals surface area contributed by atoms with Crippen molar-refractivity contribution in [1.29, 1.82) is 0 Å². The molecule has 0 spiro atoms. The van der Waals surface area contributed by atoms with Crippen LogP contribution < -0.4 is 10.1 Å². The van der Waals surface area contributed by atoms with Crippen LogP contribution in [0.15, 0.2) is 48.5 Å². The molecule has 4 bridgehead atoms. The van der Waals surface area contributed by atoms with Crippen LogP contribution in [0.25, 0.3) is 11.0 Å². The van der Waals surface area contributed by atoms with Crippen molar-refractivity contribution in [3.63, 3.8) is 0 Å². The Hall–Kier alpha value is -2.82. The number of imidazole rings is 1. The number of nitrogens with one attached hydrogen (secondary N) is 1. The van der Waals surface area contributed by atoms with E-state index in [0.29, 0.717) is 25.0 Å². The first-order valence-corrected chi connectivity index (χ1v) is 14.4. The molecule has 0 unspecified atom stereocenters. The third kappa shape index (κ3) is 4.89. The van der Waals surface area contributed by atoms with Crippen molar-refractivity contribution in [2.45, 2.75) is 77.7 Å². The van der Waals surface area contributed by atoms with E-state index in [9.17, 15) is 4.79 Å². The van der Waals surface area contributed by atoms with Gasteiger partial charge in [0, 0.05) is 24.9 Å². The van der Waals surface area contributed by atoms with Crippen molar-refractivity contribution in [2.75, 3.05) is 13.2 Å². The molecule has 4 aliphatic carbocycles. The van der Waals surface area contributed by atoms with E-state index >= 15 is 0 Å². The van der Waals surface area contributed by atoms with E-state index in [1.165, 1.54) is 24.8 Å². The second-order valence-electron chi connectivity index (χ2n) is 12.3. The third-order valence-corrected chi connectivity index (χ3v) is 9.21. The molecule has 0 atom stereocenters. The summed E-state index contributed by atoms with van der Waals surface area (Å²) in [5.74, 6) is 5.15. The summed E-state index contributed by atoms with van der Waals surface area (Å²) in [4.78, 5) is 18.4. The molecule has 0 radical (unpaired) electrons. The Bertz CT molecular complexity index is 1220. The average Bonchev–Trinajstić information content (AvgIpc) is 3.23. The van der Waals surface area contributed by atoms with E-state index in [1.54, 1.807) is 0 Å². The van der Waals surface area contributed by atoms with Crippen LogP contribution in [0.4, 0.5) is 0 Å². The van der Waals surface area contributed by atoms with Gasteiger partial charge in [0.25, 0.3) is 0 Å². The standard InChI is InChI=1S/C32H41N3O2/c1-22(2)26-8-3-6-11-29(26)37-15-7-14-35-28-10-5-4-9-27(28)34-30(35)12-13-33-31(36)32-19-23-16-24(20-32)18-25(17-23)21-32/h3-6,8-11,22-25H,7,12-21H2,1-2H3,(H,33,36). The summed E-state index contributed by atoms with van der Waals surface area (Å²) in [7, 11) is 0. The molecule has 3 aromatic rings. The van der Waals surface area contributed by atoms with Crippen molar-refractivity contribution < 1.29 is 9.53 Å². The second kappa shape index (κ2) is 10.2. The largest absolute Gasteiger partial charge is 0.493 e. The maximum Gasteiger partial charge on any atom is 0.226 e. The summed E-state index contributed by atoms with van der Waals surface area (Å²) >= 11 is 0. The highest BCUT2D eigenvalue weighted by Gasteiger charge is 2.54. The van der Waals surface area contributed by atoms with E-state index in [4.69, 9.17) is 9.72 Å². The number of hydrogen-bond acceptors (Lipinski definition) is 3. The average molecular weight is 500 g/mol. The zero-order chi connectivity index (χ0) is 25.4. The van der Waals surface area contributed by atoms with Crippen LogP contribution in [0.5, 0.6) is 5.75 Å². The van der Waals surface area contributed by atoms with Gasteiger partial charge in [-0.25, -0.2) is 4.98 Å². The first-order chi connectivity index (χ1) is 18.0. The van der Waals surface area contributed by atoms with Gasteiger partial charge in [0.15, 0.2) is 0 Å². The molecule has 0 aliphatic heterocycles. The molecule has 4 aliphatic rings. The van der Waals surface area contributed by atoms with Crippen molar-refractivity contribution in [3.8, 4) is 5.75 Å². The molecule has 1 heterocycles. The number of amides is 1. The lowest BCUT2D eigenvalue weighted by molar-refractivity contribution is -0.146. The van der Waals surface area contributed by atoms with Gasteiger partial charge >= 0.3 is 0 Å². The molecule has 1 N–H and O–H groups in total. The Morgan fingerprint density at radius 2 is 1.70 bits per heavy atom. The van der Waals surface area contributed by atoms with Crippen LogP contribution in [0.3, 0.4) is 0 Å². The molecule has 196 valence electrons. The van der Waals surface area contributed by atoms with Gasteiger partial charge in [0.1, 0.15) is 11.6 Å². The van der Waals surface area contributed by atoms with Crippen LogP contribution in [0.2, 0.25) is 0 Å². The van der Waals surface area contributed by atoms with Gasteiger partial charge in [-0.05, 0) is 92.4 Å². The number of hydrogen-bond donors (Lipinski definition) is 1.